The molecule has 0 spiro atoms. The summed E-state index contributed by atoms with van der Waals surface area (Å²) < 4.78 is 5.29. The second kappa shape index (κ2) is 5.20. The van der Waals surface area contributed by atoms with Crippen LogP contribution in [0.1, 0.15) is 12.5 Å². The van der Waals surface area contributed by atoms with E-state index in [1.54, 1.807) is 0 Å². The van der Waals surface area contributed by atoms with Crippen molar-refractivity contribution in [1.82, 2.24) is 0 Å². The second-order valence-corrected chi connectivity index (χ2v) is 3.86. The molecule has 0 heterocycles. The van der Waals surface area contributed by atoms with Gasteiger partial charge in [0.2, 0.25) is 0 Å². The molecule has 70 valence electrons. The predicted molar refractivity (Wildman–Crippen MR) is 59.4 cm³/mol. The van der Waals surface area contributed by atoms with E-state index >= 15 is 0 Å². The Hall–Kier alpha value is -0.600. The lowest BCUT2D eigenvalue weighted by atomic mass is 10.2. The molecule has 1 nitrogen and oxygen atoms in total. The van der Waals surface area contributed by atoms with Crippen LogP contribution >= 0.6 is 23.8 Å². The first kappa shape index (κ1) is 10.5. The molecule has 3 heteroatoms. The Morgan fingerprint density at radius 3 is 2.62 bits per heavy atom. The molecule has 0 saturated heterocycles. The molecule has 0 N–H and O–H groups in total. The summed E-state index contributed by atoms with van der Waals surface area (Å²) in [5.41, 5.74) is 0.926. The lowest BCUT2D eigenvalue weighted by molar-refractivity contribution is 0.317. The maximum absolute atomic E-state index is 5.72. The zero-order valence-electron chi connectivity index (χ0n) is 7.37. The van der Waals surface area contributed by atoms with Gasteiger partial charge in [0.05, 0.1) is 5.38 Å². The van der Waals surface area contributed by atoms with E-state index in [1.807, 2.05) is 37.3 Å². The lowest BCUT2D eigenvalue weighted by Crippen LogP contribution is -2.10. The average molecular weight is 215 g/mol. The Kier molecular flexibility index (Phi) is 4.19. The fourth-order valence-electron chi connectivity index (χ4n) is 0.848. The molecule has 0 fully saturated rings. The van der Waals surface area contributed by atoms with Gasteiger partial charge < -0.3 is 4.74 Å². The van der Waals surface area contributed by atoms with Crippen molar-refractivity contribution in [2.75, 3.05) is 6.61 Å². The van der Waals surface area contributed by atoms with E-state index in [-0.39, 0.29) is 5.38 Å². The van der Waals surface area contributed by atoms with Crippen LogP contribution in [0.25, 0.3) is 0 Å². The lowest BCUT2D eigenvalue weighted by Gasteiger charge is -2.07. The number of hydrogen-bond donors (Lipinski definition) is 0. The number of rotatable bonds is 3. The molecule has 13 heavy (non-hydrogen) atoms. The third kappa shape index (κ3) is 3.75. The molecule has 0 aliphatic heterocycles. The number of hydrogen-bond acceptors (Lipinski definition) is 2. The van der Waals surface area contributed by atoms with Gasteiger partial charge >= 0.3 is 0 Å². The molecule has 0 bridgehead atoms. The Labute approximate surface area is 88.7 Å². The van der Waals surface area contributed by atoms with E-state index < -0.39 is 0 Å². The van der Waals surface area contributed by atoms with Gasteiger partial charge in [0.15, 0.2) is 5.05 Å². The van der Waals surface area contributed by atoms with Gasteiger partial charge in [0.25, 0.3) is 0 Å². The van der Waals surface area contributed by atoms with Crippen LogP contribution in [-0.2, 0) is 4.74 Å². The highest BCUT2D eigenvalue weighted by Gasteiger charge is 2.02. The Balaban J connectivity index is 2.50. The normalized spacial score (nSPS) is 12.2. The fraction of sp³-hybridized carbons (Fsp3) is 0.300. The van der Waals surface area contributed by atoms with Crippen LogP contribution in [0.4, 0.5) is 0 Å². The minimum atomic E-state index is -0.0123. The molecule has 1 atom stereocenters. The van der Waals surface area contributed by atoms with Crippen LogP contribution in [0, 0.1) is 0 Å². The standard InChI is InChI=1S/C10H11ClOS/c1-8(11)7-12-10(13)9-5-3-2-4-6-9/h2-6,8H,7H2,1H3. The molecule has 0 aliphatic rings. The SMILES string of the molecule is CC(Cl)COC(=S)c1ccccc1. The summed E-state index contributed by atoms with van der Waals surface area (Å²) in [6.45, 7) is 2.32. The first-order valence-corrected chi connectivity index (χ1v) is 4.91. The van der Waals surface area contributed by atoms with Crippen LogP contribution in [0.5, 0.6) is 0 Å². The molecule has 1 aromatic rings. The van der Waals surface area contributed by atoms with Gasteiger partial charge in [-0.3, -0.25) is 0 Å². The predicted octanol–water partition coefficient (Wildman–Crippen LogP) is 3.01. The van der Waals surface area contributed by atoms with Crippen molar-refractivity contribution in [1.29, 1.82) is 0 Å². The molecule has 0 saturated carbocycles. The van der Waals surface area contributed by atoms with Gasteiger partial charge in [-0.05, 0) is 19.1 Å². The van der Waals surface area contributed by atoms with Crippen molar-refractivity contribution < 1.29 is 4.74 Å². The van der Waals surface area contributed by atoms with Crippen molar-refractivity contribution in [3.63, 3.8) is 0 Å². The summed E-state index contributed by atoms with van der Waals surface area (Å²) in [6.07, 6.45) is 0. The van der Waals surface area contributed by atoms with E-state index in [0.717, 1.165) is 5.56 Å². The van der Waals surface area contributed by atoms with E-state index in [0.29, 0.717) is 11.7 Å². The number of halogens is 1. The molecule has 1 aromatic carbocycles. The van der Waals surface area contributed by atoms with Gasteiger partial charge in [-0.15, -0.1) is 11.6 Å². The molecular weight excluding hydrogens is 204 g/mol. The highest BCUT2D eigenvalue weighted by atomic mass is 35.5. The van der Waals surface area contributed by atoms with Gasteiger partial charge in [0, 0.05) is 5.56 Å². The molecular formula is C10H11ClOS. The smallest absolute Gasteiger partial charge is 0.191 e. The number of ether oxygens (including phenoxy) is 1. The largest absolute Gasteiger partial charge is 0.481 e. The Bertz CT molecular complexity index is 272. The maximum atomic E-state index is 5.72. The van der Waals surface area contributed by atoms with Crippen molar-refractivity contribution in [2.45, 2.75) is 12.3 Å². The first-order valence-electron chi connectivity index (χ1n) is 4.06. The monoisotopic (exact) mass is 214 g/mol. The third-order valence-corrected chi connectivity index (χ3v) is 1.93. The van der Waals surface area contributed by atoms with Crippen LogP contribution in [0.3, 0.4) is 0 Å². The first-order chi connectivity index (χ1) is 6.20. The molecule has 0 aliphatic carbocycles. The number of alkyl halides is 1. The molecule has 0 radical (unpaired) electrons. The van der Waals surface area contributed by atoms with Crippen LogP contribution in [-0.4, -0.2) is 17.0 Å². The van der Waals surface area contributed by atoms with Crippen LogP contribution in [0.15, 0.2) is 30.3 Å². The quantitative estimate of drug-likeness (QED) is 0.565. The fourth-order valence-corrected chi connectivity index (χ4v) is 1.12. The van der Waals surface area contributed by atoms with Gasteiger partial charge in [-0.1, -0.05) is 30.3 Å². The topological polar surface area (TPSA) is 9.23 Å². The van der Waals surface area contributed by atoms with Crippen molar-refractivity contribution in [3.05, 3.63) is 35.9 Å². The molecule has 1 rings (SSSR count). The highest BCUT2D eigenvalue weighted by molar-refractivity contribution is 7.80. The van der Waals surface area contributed by atoms with E-state index in [2.05, 4.69) is 0 Å². The average Bonchev–Trinajstić information content (AvgIpc) is 2.15. The summed E-state index contributed by atoms with van der Waals surface area (Å²) in [6, 6.07) is 9.63. The minimum Gasteiger partial charge on any atom is -0.481 e. The van der Waals surface area contributed by atoms with Crippen LogP contribution < -0.4 is 0 Å². The summed E-state index contributed by atoms with van der Waals surface area (Å²) >= 11 is 10.8. The zero-order chi connectivity index (χ0) is 9.68. The van der Waals surface area contributed by atoms with E-state index in [1.165, 1.54) is 0 Å². The van der Waals surface area contributed by atoms with Crippen molar-refractivity contribution in [2.24, 2.45) is 0 Å². The number of benzene rings is 1. The third-order valence-electron chi connectivity index (χ3n) is 1.45. The van der Waals surface area contributed by atoms with Gasteiger partial charge in [-0.25, -0.2) is 0 Å². The summed E-state index contributed by atoms with van der Waals surface area (Å²) in [7, 11) is 0. The van der Waals surface area contributed by atoms with Gasteiger partial charge in [0.1, 0.15) is 6.61 Å². The molecule has 0 aromatic heterocycles. The molecule has 1 unspecified atom stereocenters. The molecule has 0 amide bonds. The van der Waals surface area contributed by atoms with Crippen LogP contribution in [0.2, 0.25) is 0 Å². The maximum Gasteiger partial charge on any atom is 0.191 e. The number of thiocarbonyl (C=S) groups is 1. The van der Waals surface area contributed by atoms with Crippen molar-refractivity contribution >= 4 is 28.9 Å². The summed E-state index contributed by atoms with van der Waals surface area (Å²) in [5, 5.41) is 0.495. The summed E-state index contributed by atoms with van der Waals surface area (Å²) in [4.78, 5) is 0. The zero-order valence-corrected chi connectivity index (χ0v) is 8.94. The summed E-state index contributed by atoms with van der Waals surface area (Å²) in [5.74, 6) is 0. The Morgan fingerprint density at radius 2 is 2.08 bits per heavy atom. The van der Waals surface area contributed by atoms with Crippen molar-refractivity contribution in [3.8, 4) is 0 Å². The van der Waals surface area contributed by atoms with Gasteiger partial charge in [-0.2, -0.15) is 0 Å². The minimum absolute atomic E-state index is 0.0123. The van der Waals surface area contributed by atoms with E-state index in [4.69, 9.17) is 28.6 Å². The highest BCUT2D eigenvalue weighted by Crippen LogP contribution is 2.04. The Morgan fingerprint density at radius 1 is 1.46 bits per heavy atom. The van der Waals surface area contributed by atoms with E-state index in [9.17, 15) is 0 Å². The second-order valence-electron chi connectivity index (χ2n) is 2.75.